The Hall–Kier alpha value is -0.0400. The zero-order valence-electron chi connectivity index (χ0n) is 7.77. The molecule has 2 aliphatic heterocycles. The largest absolute Gasteiger partial charge is 0.330 e. The van der Waals surface area contributed by atoms with Crippen LogP contribution in [0.25, 0.3) is 0 Å². The molecule has 0 saturated carbocycles. The lowest BCUT2D eigenvalue weighted by molar-refractivity contribution is -0.942. The van der Waals surface area contributed by atoms with E-state index in [0.717, 1.165) is 18.0 Å². The molecule has 0 radical (unpaired) electrons. The van der Waals surface area contributed by atoms with Crippen molar-refractivity contribution in [2.75, 3.05) is 6.54 Å². The Bertz CT molecular complexity index is 144. The first-order valence-corrected chi connectivity index (χ1v) is 5.13. The van der Waals surface area contributed by atoms with Crippen LogP contribution >= 0.6 is 0 Å². The van der Waals surface area contributed by atoms with Crippen molar-refractivity contribution in [3.63, 3.8) is 0 Å². The predicted molar refractivity (Wildman–Crippen MR) is 46.7 cm³/mol. The first kappa shape index (κ1) is 7.60. The summed E-state index contributed by atoms with van der Waals surface area (Å²) < 4.78 is 0. The van der Waals surface area contributed by atoms with Gasteiger partial charge >= 0.3 is 0 Å². The third kappa shape index (κ3) is 1.31. The monoisotopic (exact) mass is 154 g/mol. The SMILES string of the molecule is C[C@@H]1C[C@@H]2CCC[NH+]2[C@H](C)C1. The maximum absolute atomic E-state index is 2.43. The smallest absolute Gasteiger partial charge is 0.0881 e. The molecular weight excluding hydrogens is 134 g/mol. The molecule has 1 nitrogen and oxygen atoms in total. The fraction of sp³-hybridized carbons (Fsp3) is 1.00. The molecule has 0 bridgehead atoms. The number of piperidine rings is 1. The van der Waals surface area contributed by atoms with E-state index in [-0.39, 0.29) is 0 Å². The summed E-state index contributed by atoms with van der Waals surface area (Å²) in [5.74, 6) is 0.997. The number of quaternary nitrogens is 1. The summed E-state index contributed by atoms with van der Waals surface area (Å²) in [6, 6.07) is 1.99. The average molecular weight is 154 g/mol. The van der Waals surface area contributed by atoms with Crippen LogP contribution in [0.5, 0.6) is 0 Å². The first-order valence-electron chi connectivity index (χ1n) is 5.13. The summed E-state index contributed by atoms with van der Waals surface area (Å²) in [5.41, 5.74) is 0. The van der Waals surface area contributed by atoms with Crippen LogP contribution in [0, 0.1) is 5.92 Å². The van der Waals surface area contributed by atoms with Crippen molar-refractivity contribution >= 4 is 0 Å². The van der Waals surface area contributed by atoms with E-state index in [2.05, 4.69) is 13.8 Å². The number of hydrogen-bond acceptors (Lipinski definition) is 0. The minimum Gasteiger partial charge on any atom is -0.330 e. The van der Waals surface area contributed by atoms with Crippen LogP contribution in [0.4, 0.5) is 0 Å². The summed E-state index contributed by atoms with van der Waals surface area (Å²) in [6.45, 7) is 6.31. The lowest BCUT2D eigenvalue weighted by atomic mass is 9.89. The summed E-state index contributed by atoms with van der Waals surface area (Å²) in [6.07, 6.45) is 5.95. The molecule has 0 aliphatic carbocycles. The Morgan fingerprint density at radius 2 is 2.00 bits per heavy atom. The van der Waals surface area contributed by atoms with E-state index in [4.69, 9.17) is 0 Å². The standard InChI is InChI=1S/C10H19N/c1-8-6-9(2)11-5-3-4-10(11)7-8/h8-10H,3-7H2,1-2H3/p+1/t8-,9+,10-/m0/s1. The number of nitrogens with one attached hydrogen (secondary N) is 1. The van der Waals surface area contributed by atoms with Crippen LogP contribution < -0.4 is 4.90 Å². The summed E-state index contributed by atoms with van der Waals surface area (Å²) in [4.78, 5) is 1.92. The highest BCUT2D eigenvalue weighted by Crippen LogP contribution is 2.20. The Kier molecular flexibility index (Phi) is 1.92. The Balaban J connectivity index is 2.04. The van der Waals surface area contributed by atoms with E-state index in [9.17, 15) is 0 Å². The van der Waals surface area contributed by atoms with E-state index >= 15 is 0 Å². The molecular formula is C10H20N+. The number of rotatable bonds is 0. The fourth-order valence-electron chi connectivity index (χ4n) is 3.20. The quantitative estimate of drug-likeness (QED) is 0.527. The van der Waals surface area contributed by atoms with E-state index < -0.39 is 0 Å². The van der Waals surface area contributed by atoms with Crippen LogP contribution in [-0.2, 0) is 0 Å². The highest BCUT2D eigenvalue weighted by atomic mass is 15.2. The van der Waals surface area contributed by atoms with Gasteiger partial charge in [-0.15, -0.1) is 0 Å². The van der Waals surface area contributed by atoms with Crippen molar-refractivity contribution in [3.05, 3.63) is 0 Å². The molecule has 1 heteroatoms. The maximum Gasteiger partial charge on any atom is 0.0881 e. The molecule has 2 heterocycles. The van der Waals surface area contributed by atoms with Gasteiger partial charge in [0.25, 0.3) is 0 Å². The number of fused-ring (bicyclic) bond motifs is 1. The molecule has 0 spiro atoms. The molecule has 2 fully saturated rings. The van der Waals surface area contributed by atoms with Crippen molar-refractivity contribution in [3.8, 4) is 0 Å². The van der Waals surface area contributed by atoms with Gasteiger partial charge in [-0.2, -0.15) is 0 Å². The van der Waals surface area contributed by atoms with Gasteiger partial charge in [-0.25, -0.2) is 0 Å². The van der Waals surface area contributed by atoms with E-state index in [1.165, 1.54) is 32.2 Å². The molecule has 4 atom stereocenters. The van der Waals surface area contributed by atoms with Gasteiger partial charge in [-0.3, -0.25) is 0 Å². The van der Waals surface area contributed by atoms with Gasteiger partial charge in [-0.1, -0.05) is 6.92 Å². The van der Waals surface area contributed by atoms with E-state index in [0.29, 0.717) is 0 Å². The van der Waals surface area contributed by atoms with Crippen LogP contribution in [0.15, 0.2) is 0 Å². The second-order valence-corrected chi connectivity index (χ2v) is 4.64. The molecule has 1 N–H and O–H groups in total. The van der Waals surface area contributed by atoms with Crippen molar-refractivity contribution in [2.24, 2.45) is 5.92 Å². The minimum atomic E-state index is 0.950. The van der Waals surface area contributed by atoms with Crippen LogP contribution in [0.1, 0.15) is 39.5 Å². The fourth-order valence-corrected chi connectivity index (χ4v) is 3.20. The van der Waals surface area contributed by atoms with Crippen LogP contribution in [0.2, 0.25) is 0 Å². The molecule has 0 amide bonds. The summed E-state index contributed by atoms with van der Waals surface area (Å²) in [5, 5.41) is 0. The van der Waals surface area contributed by atoms with Crippen molar-refractivity contribution < 1.29 is 4.90 Å². The molecule has 2 saturated heterocycles. The minimum absolute atomic E-state index is 0.950. The van der Waals surface area contributed by atoms with E-state index in [1.807, 2.05) is 4.90 Å². The molecule has 0 aromatic rings. The highest BCUT2D eigenvalue weighted by molar-refractivity contribution is 4.74. The molecule has 2 aliphatic rings. The van der Waals surface area contributed by atoms with Gasteiger partial charge in [0, 0.05) is 25.7 Å². The Morgan fingerprint density at radius 1 is 1.18 bits per heavy atom. The average Bonchev–Trinajstić information content (AvgIpc) is 2.34. The van der Waals surface area contributed by atoms with Gasteiger partial charge < -0.3 is 4.90 Å². The van der Waals surface area contributed by atoms with Gasteiger partial charge in [0.05, 0.1) is 18.6 Å². The molecule has 64 valence electrons. The topological polar surface area (TPSA) is 4.44 Å². The van der Waals surface area contributed by atoms with Gasteiger partial charge in [0.15, 0.2) is 0 Å². The van der Waals surface area contributed by atoms with Crippen molar-refractivity contribution in [1.82, 2.24) is 0 Å². The Labute approximate surface area is 69.8 Å². The zero-order chi connectivity index (χ0) is 7.84. The van der Waals surface area contributed by atoms with Crippen molar-refractivity contribution in [2.45, 2.75) is 51.6 Å². The maximum atomic E-state index is 2.43. The van der Waals surface area contributed by atoms with Gasteiger partial charge in [0.2, 0.25) is 0 Å². The van der Waals surface area contributed by atoms with Crippen LogP contribution in [0.3, 0.4) is 0 Å². The normalized spacial score (nSPS) is 50.7. The van der Waals surface area contributed by atoms with Gasteiger partial charge in [0.1, 0.15) is 0 Å². The lowest BCUT2D eigenvalue weighted by Crippen LogP contribution is -3.18. The zero-order valence-corrected chi connectivity index (χ0v) is 7.77. The molecule has 1 unspecified atom stereocenters. The third-order valence-corrected chi connectivity index (χ3v) is 3.62. The molecule has 2 rings (SSSR count). The highest BCUT2D eigenvalue weighted by Gasteiger charge is 2.37. The van der Waals surface area contributed by atoms with E-state index in [1.54, 1.807) is 0 Å². The second kappa shape index (κ2) is 2.78. The second-order valence-electron chi connectivity index (χ2n) is 4.64. The summed E-state index contributed by atoms with van der Waals surface area (Å²) in [7, 11) is 0. The lowest BCUT2D eigenvalue weighted by Gasteiger charge is -2.35. The van der Waals surface area contributed by atoms with Gasteiger partial charge in [-0.05, 0) is 12.8 Å². The van der Waals surface area contributed by atoms with Crippen LogP contribution in [-0.4, -0.2) is 18.6 Å². The summed E-state index contributed by atoms with van der Waals surface area (Å²) >= 11 is 0. The van der Waals surface area contributed by atoms with Crippen molar-refractivity contribution in [1.29, 1.82) is 0 Å². The number of hydrogen-bond donors (Lipinski definition) is 1. The predicted octanol–water partition coefficient (Wildman–Crippen LogP) is 0.852. The molecule has 0 aromatic heterocycles. The third-order valence-electron chi connectivity index (χ3n) is 3.62. The Morgan fingerprint density at radius 3 is 2.82 bits per heavy atom. The first-order chi connectivity index (χ1) is 5.27. The molecule has 0 aromatic carbocycles. The molecule has 11 heavy (non-hydrogen) atoms.